The van der Waals surface area contributed by atoms with Crippen molar-refractivity contribution in [3.63, 3.8) is 0 Å². The summed E-state index contributed by atoms with van der Waals surface area (Å²) < 4.78 is 88.0. The zero-order valence-corrected chi connectivity index (χ0v) is 26.4. The molecule has 0 unspecified atom stereocenters. The second-order valence-electron chi connectivity index (χ2n) is 10.3. The molecular weight excluding hydrogens is 666 g/mol. The Morgan fingerprint density at radius 3 is 1.91 bits per heavy atom. The molecule has 0 aliphatic carbocycles. The van der Waals surface area contributed by atoms with Crippen molar-refractivity contribution in [2.24, 2.45) is 0 Å². The number of hydrogen-bond donors (Lipinski definition) is 3. The topological polar surface area (TPSA) is 175 Å². The van der Waals surface area contributed by atoms with Crippen LogP contribution in [-0.2, 0) is 25.0 Å². The number of nitrogens with zero attached hydrogens (tertiary/aromatic N) is 5. The van der Waals surface area contributed by atoms with Gasteiger partial charge < -0.3 is 20.4 Å². The number of nitrogens with one attached hydrogen (secondary N) is 1. The number of benzene rings is 1. The fourth-order valence-electron chi connectivity index (χ4n) is 3.79. The maximum Gasteiger partial charge on any atom is 0.490 e. The van der Waals surface area contributed by atoms with Crippen LogP contribution in [0, 0.1) is 0 Å². The van der Waals surface area contributed by atoms with Crippen LogP contribution in [0.15, 0.2) is 42.6 Å². The number of amides is 1. The molecule has 3 heterocycles. The van der Waals surface area contributed by atoms with E-state index >= 15 is 0 Å². The van der Waals surface area contributed by atoms with Gasteiger partial charge >= 0.3 is 18.8 Å². The Bertz CT molecular complexity index is 1570. The fourth-order valence-corrected chi connectivity index (χ4v) is 4.87. The van der Waals surface area contributed by atoms with Crippen molar-refractivity contribution in [2.45, 2.75) is 46.0 Å². The summed E-state index contributed by atoms with van der Waals surface area (Å²) >= 11 is 0. The highest BCUT2D eigenvalue weighted by molar-refractivity contribution is 7.89. The Labute approximate surface area is 265 Å². The standard InChI is InChI=1S/C23H30N6O3S.C2HF3O2.CHF3.CH2O2/c1-5-33(31,32)28-14-12-27(13-15-28)21-11-10-20-24-19(16-29(20)26-21)25-22(30)17-6-8-18(9-7-17)23(2,3)4;3-2(4,5)1(6)7;2-1(3)4;2-1-3/h6-11,16H,5,12-15H2,1-4H3,(H,25,30);(H,6,7);1H;1H,(H,2,3). The van der Waals surface area contributed by atoms with E-state index in [4.69, 9.17) is 19.8 Å². The molecule has 0 saturated carbocycles. The summed E-state index contributed by atoms with van der Waals surface area (Å²) in [7, 11) is -3.17. The molecule has 47 heavy (non-hydrogen) atoms. The zero-order chi connectivity index (χ0) is 36.2. The van der Waals surface area contributed by atoms with E-state index in [0.29, 0.717) is 43.2 Å². The molecule has 1 saturated heterocycles. The summed E-state index contributed by atoms with van der Waals surface area (Å²) in [6.45, 7) is 6.16. The lowest BCUT2D eigenvalue weighted by Gasteiger charge is -2.34. The maximum absolute atomic E-state index is 12.7. The van der Waals surface area contributed by atoms with Gasteiger partial charge in [0.15, 0.2) is 11.5 Å². The van der Waals surface area contributed by atoms with Crippen LogP contribution in [0.4, 0.5) is 38.0 Å². The lowest BCUT2D eigenvalue weighted by molar-refractivity contribution is -0.192. The summed E-state index contributed by atoms with van der Waals surface area (Å²) in [5.74, 6) is -1.71. The lowest BCUT2D eigenvalue weighted by atomic mass is 9.87. The molecule has 0 radical (unpaired) electrons. The Morgan fingerprint density at radius 2 is 1.49 bits per heavy atom. The van der Waals surface area contributed by atoms with Crippen LogP contribution in [0.1, 0.15) is 43.6 Å². The van der Waals surface area contributed by atoms with Gasteiger partial charge in [0.05, 0.1) is 11.9 Å². The minimum Gasteiger partial charge on any atom is -0.483 e. The number of aromatic nitrogens is 3. The third-order valence-electron chi connectivity index (χ3n) is 6.12. The average Bonchev–Trinajstić information content (AvgIpc) is 3.38. The Kier molecular flexibility index (Phi) is 15.1. The fraction of sp³-hybridized carbons (Fsp3) is 0.444. The largest absolute Gasteiger partial charge is 0.490 e. The monoisotopic (exact) mass is 700 g/mol. The normalized spacial score (nSPS) is 13.7. The number of carbonyl (C=O) groups excluding carboxylic acids is 1. The molecule has 0 spiro atoms. The molecule has 0 atom stereocenters. The van der Waals surface area contributed by atoms with Crippen molar-refractivity contribution in [3.8, 4) is 0 Å². The number of piperazine rings is 1. The molecule has 262 valence electrons. The second kappa shape index (κ2) is 17.5. The van der Waals surface area contributed by atoms with Gasteiger partial charge in [-0.3, -0.25) is 9.59 Å². The third-order valence-corrected chi connectivity index (χ3v) is 8.01. The number of sulfonamides is 1. The number of rotatable bonds is 5. The van der Waals surface area contributed by atoms with E-state index in [1.807, 2.05) is 36.4 Å². The van der Waals surface area contributed by atoms with Gasteiger partial charge in [-0.2, -0.15) is 30.6 Å². The van der Waals surface area contributed by atoms with E-state index in [1.165, 1.54) is 4.31 Å². The number of carboxylic acids is 1. The number of anilines is 2. The quantitative estimate of drug-likeness (QED) is 0.258. The van der Waals surface area contributed by atoms with Crippen molar-refractivity contribution in [1.82, 2.24) is 18.9 Å². The highest BCUT2D eigenvalue weighted by atomic mass is 32.2. The van der Waals surface area contributed by atoms with Crippen LogP contribution in [0.2, 0.25) is 0 Å². The minimum absolute atomic E-state index is 0.0247. The molecular formula is C27H34F6N6O7S. The van der Waals surface area contributed by atoms with Gasteiger partial charge in [-0.1, -0.05) is 32.9 Å². The van der Waals surface area contributed by atoms with Crippen LogP contribution in [0.5, 0.6) is 0 Å². The Hall–Kier alpha value is -4.46. The van der Waals surface area contributed by atoms with Crippen molar-refractivity contribution in [1.29, 1.82) is 0 Å². The Morgan fingerprint density at radius 1 is 1.00 bits per heavy atom. The number of halogens is 6. The highest BCUT2D eigenvalue weighted by Gasteiger charge is 2.38. The molecule has 1 fully saturated rings. The number of carbonyl (C=O) groups is 3. The van der Waals surface area contributed by atoms with Gasteiger partial charge in [-0.15, -0.1) is 5.10 Å². The number of alkyl halides is 6. The van der Waals surface area contributed by atoms with Crippen molar-refractivity contribution >= 4 is 45.7 Å². The SMILES string of the molecule is CCS(=O)(=O)N1CCN(c2ccc3nc(NC(=O)c4ccc(C(C)(C)C)cc4)cn3n2)CC1.FC(F)F.O=C(O)C(F)(F)F.O=CO. The molecule has 13 nitrogen and oxygen atoms in total. The minimum atomic E-state index is -5.08. The van der Waals surface area contributed by atoms with Gasteiger partial charge in [0.1, 0.15) is 5.82 Å². The number of aliphatic carboxylic acids is 1. The summed E-state index contributed by atoms with van der Waals surface area (Å²) in [5.41, 5.74) is 2.37. The number of fused-ring (bicyclic) bond motifs is 1. The molecule has 1 amide bonds. The van der Waals surface area contributed by atoms with Crippen LogP contribution in [0.25, 0.3) is 5.65 Å². The molecule has 1 aromatic carbocycles. The van der Waals surface area contributed by atoms with E-state index < -0.39 is 28.8 Å². The van der Waals surface area contributed by atoms with E-state index in [2.05, 4.69) is 41.1 Å². The maximum atomic E-state index is 12.7. The molecule has 3 N–H and O–H groups in total. The third kappa shape index (κ3) is 13.4. The molecule has 1 aliphatic rings. The molecule has 0 bridgehead atoms. The predicted octanol–water partition coefficient (Wildman–Crippen LogP) is 4.26. The van der Waals surface area contributed by atoms with Crippen LogP contribution < -0.4 is 10.2 Å². The lowest BCUT2D eigenvalue weighted by Crippen LogP contribution is -2.49. The summed E-state index contributed by atoms with van der Waals surface area (Å²) in [6, 6.07) is 11.3. The van der Waals surface area contributed by atoms with Crippen molar-refractivity contribution in [3.05, 3.63) is 53.7 Å². The van der Waals surface area contributed by atoms with Crippen molar-refractivity contribution < 1.29 is 59.4 Å². The van der Waals surface area contributed by atoms with Crippen LogP contribution >= 0.6 is 0 Å². The summed E-state index contributed by atoms with van der Waals surface area (Å²) in [5, 5.41) is 21.5. The zero-order valence-electron chi connectivity index (χ0n) is 25.6. The van der Waals surface area contributed by atoms with Gasteiger partial charge in [-0.25, -0.2) is 22.7 Å². The van der Waals surface area contributed by atoms with E-state index in [0.717, 1.165) is 11.4 Å². The molecule has 4 rings (SSSR count). The van der Waals surface area contributed by atoms with Crippen LogP contribution in [-0.4, -0.2) is 101 Å². The first-order valence-electron chi connectivity index (χ1n) is 13.5. The van der Waals surface area contributed by atoms with E-state index in [-0.39, 0.29) is 23.5 Å². The van der Waals surface area contributed by atoms with Gasteiger partial charge in [0, 0.05) is 31.7 Å². The number of hydrogen-bond acceptors (Lipinski definition) is 8. The van der Waals surface area contributed by atoms with Gasteiger partial charge in [-0.05, 0) is 42.2 Å². The summed E-state index contributed by atoms with van der Waals surface area (Å²) in [4.78, 5) is 36.4. The van der Waals surface area contributed by atoms with E-state index in [1.54, 1.807) is 17.6 Å². The van der Waals surface area contributed by atoms with Crippen LogP contribution in [0.3, 0.4) is 0 Å². The first kappa shape index (κ1) is 40.6. The predicted molar refractivity (Wildman–Crippen MR) is 159 cm³/mol. The molecule has 20 heteroatoms. The molecule has 1 aliphatic heterocycles. The van der Waals surface area contributed by atoms with Crippen molar-refractivity contribution in [2.75, 3.05) is 42.1 Å². The second-order valence-corrected chi connectivity index (χ2v) is 12.6. The number of carboxylic acid groups (broad SMARTS) is 2. The average molecular weight is 701 g/mol. The molecule has 3 aromatic rings. The first-order valence-corrected chi connectivity index (χ1v) is 15.1. The Balaban J connectivity index is 0.000000667. The van der Waals surface area contributed by atoms with Gasteiger partial charge in [0.2, 0.25) is 10.0 Å². The summed E-state index contributed by atoms with van der Waals surface area (Å²) in [6.07, 6.45) is -3.40. The number of imidazole rings is 1. The van der Waals surface area contributed by atoms with E-state index in [9.17, 15) is 39.6 Å². The smallest absolute Gasteiger partial charge is 0.483 e. The highest BCUT2D eigenvalue weighted by Crippen LogP contribution is 2.23. The first-order chi connectivity index (χ1) is 21.7. The van der Waals surface area contributed by atoms with Gasteiger partial charge in [0.25, 0.3) is 12.4 Å². The molecule has 2 aromatic heterocycles.